The Bertz CT molecular complexity index is 594. The van der Waals surface area contributed by atoms with E-state index in [2.05, 4.69) is 10.1 Å². The highest BCUT2D eigenvalue weighted by Crippen LogP contribution is 2.30. The van der Waals surface area contributed by atoms with Gasteiger partial charge in [-0.25, -0.2) is 0 Å². The van der Waals surface area contributed by atoms with E-state index in [4.69, 9.17) is 4.52 Å². The van der Waals surface area contributed by atoms with Gasteiger partial charge in [-0.2, -0.15) is 4.98 Å². The summed E-state index contributed by atoms with van der Waals surface area (Å²) in [7, 11) is 0. The van der Waals surface area contributed by atoms with Gasteiger partial charge in [-0.15, -0.1) is 0 Å². The van der Waals surface area contributed by atoms with Gasteiger partial charge in [0.2, 0.25) is 17.6 Å². The van der Waals surface area contributed by atoms with Crippen LogP contribution in [-0.2, 0) is 4.79 Å². The molecule has 1 saturated heterocycles. The predicted molar refractivity (Wildman–Crippen MR) is 73.7 cm³/mol. The molecule has 0 bridgehead atoms. The van der Waals surface area contributed by atoms with Gasteiger partial charge in [0.1, 0.15) is 6.04 Å². The topological polar surface area (TPSA) is 59.2 Å². The Morgan fingerprint density at radius 1 is 1.30 bits per heavy atom. The van der Waals surface area contributed by atoms with Crippen LogP contribution in [0.4, 0.5) is 0 Å². The molecule has 20 heavy (non-hydrogen) atoms. The van der Waals surface area contributed by atoms with Crippen molar-refractivity contribution in [1.29, 1.82) is 0 Å². The van der Waals surface area contributed by atoms with Crippen LogP contribution >= 0.6 is 0 Å². The number of hydrogen-bond donors (Lipinski definition) is 0. The van der Waals surface area contributed by atoms with Gasteiger partial charge in [-0.05, 0) is 19.3 Å². The van der Waals surface area contributed by atoms with Crippen LogP contribution in [0.1, 0.15) is 38.1 Å². The van der Waals surface area contributed by atoms with Crippen LogP contribution in [0.5, 0.6) is 0 Å². The van der Waals surface area contributed by atoms with E-state index in [1.807, 2.05) is 35.2 Å². The number of nitrogens with zero attached hydrogens (tertiary/aromatic N) is 3. The fourth-order valence-electron chi connectivity index (χ4n) is 2.64. The number of amides is 1. The Hall–Kier alpha value is -2.17. The monoisotopic (exact) mass is 271 g/mol. The second kappa shape index (κ2) is 5.45. The van der Waals surface area contributed by atoms with Gasteiger partial charge in [-0.1, -0.05) is 35.5 Å². The number of carbonyl (C=O) groups excluding carboxylic acids is 1. The van der Waals surface area contributed by atoms with Gasteiger partial charge in [0.15, 0.2) is 0 Å². The van der Waals surface area contributed by atoms with Crippen LogP contribution in [0.3, 0.4) is 0 Å². The van der Waals surface area contributed by atoms with Gasteiger partial charge in [0.25, 0.3) is 0 Å². The summed E-state index contributed by atoms with van der Waals surface area (Å²) in [6.07, 6.45) is 3.00. The summed E-state index contributed by atoms with van der Waals surface area (Å²) in [6, 6.07) is 9.63. The van der Waals surface area contributed by atoms with Crippen molar-refractivity contribution < 1.29 is 9.32 Å². The number of carbonyl (C=O) groups is 1. The van der Waals surface area contributed by atoms with Crippen molar-refractivity contribution in [1.82, 2.24) is 15.0 Å². The maximum atomic E-state index is 11.7. The van der Waals surface area contributed by atoms with E-state index in [-0.39, 0.29) is 11.9 Å². The fourth-order valence-corrected chi connectivity index (χ4v) is 2.64. The Kier molecular flexibility index (Phi) is 3.50. The van der Waals surface area contributed by atoms with E-state index in [0.29, 0.717) is 11.7 Å². The van der Waals surface area contributed by atoms with Crippen LogP contribution < -0.4 is 0 Å². The average molecular weight is 271 g/mol. The standard InChI is InChI=1S/C15H17N3O2/c1-11(19)18-10-6-5-9-13(18)15-16-14(17-20-15)12-7-3-2-4-8-12/h2-4,7-8,13H,5-6,9-10H2,1H3. The SMILES string of the molecule is CC(=O)N1CCCCC1c1nc(-c2ccccc2)no1. The lowest BCUT2D eigenvalue weighted by atomic mass is 10.0. The van der Waals surface area contributed by atoms with E-state index in [1.54, 1.807) is 6.92 Å². The molecule has 0 N–H and O–H groups in total. The van der Waals surface area contributed by atoms with Gasteiger partial charge >= 0.3 is 0 Å². The molecule has 1 unspecified atom stereocenters. The van der Waals surface area contributed by atoms with E-state index < -0.39 is 0 Å². The summed E-state index contributed by atoms with van der Waals surface area (Å²) >= 11 is 0. The van der Waals surface area contributed by atoms with Crippen LogP contribution in [0.2, 0.25) is 0 Å². The molecular formula is C15H17N3O2. The minimum absolute atomic E-state index is 0.0640. The van der Waals surface area contributed by atoms with Crippen molar-refractivity contribution in [3.8, 4) is 11.4 Å². The smallest absolute Gasteiger partial charge is 0.249 e. The van der Waals surface area contributed by atoms with E-state index in [0.717, 1.165) is 31.4 Å². The fraction of sp³-hybridized carbons (Fsp3) is 0.400. The average Bonchev–Trinajstić information content (AvgIpc) is 2.98. The summed E-state index contributed by atoms with van der Waals surface area (Å²) in [4.78, 5) is 18.0. The molecule has 1 atom stereocenters. The normalized spacial score (nSPS) is 19.1. The quantitative estimate of drug-likeness (QED) is 0.842. The highest BCUT2D eigenvalue weighted by atomic mass is 16.5. The molecule has 1 aromatic carbocycles. The lowest BCUT2D eigenvalue weighted by Gasteiger charge is -2.32. The molecule has 5 nitrogen and oxygen atoms in total. The molecule has 1 amide bonds. The molecule has 3 rings (SSSR count). The lowest BCUT2D eigenvalue weighted by Crippen LogP contribution is -2.37. The van der Waals surface area contributed by atoms with Crippen molar-refractivity contribution in [2.75, 3.05) is 6.54 Å². The Morgan fingerprint density at radius 3 is 2.85 bits per heavy atom. The zero-order valence-corrected chi connectivity index (χ0v) is 11.5. The zero-order valence-electron chi connectivity index (χ0n) is 11.5. The summed E-state index contributed by atoms with van der Waals surface area (Å²) in [5.41, 5.74) is 0.924. The maximum absolute atomic E-state index is 11.7. The first kappa shape index (κ1) is 12.8. The third-order valence-corrected chi connectivity index (χ3v) is 3.67. The van der Waals surface area contributed by atoms with Gasteiger partial charge < -0.3 is 9.42 Å². The number of hydrogen-bond acceptors (Lipinski definition) is 4. The van der Waals surface area contributed by atoms with Gasteiger partial charge in [0.05, 0.1) is 0 Å². The molecule has 104 valence electrons. The Morgan fingerprint density at radius 2 is 2.10 bits per heavy atom. The third-order valence-electron chi connectivity index (χ3n) is 3.67. The molecule has 1 fully saturated rings. The first-order valence-electron chi connectivity index (χ1n) is 6.92. The molecule has 1 aliphatic rings. The number of benzene rings is 1. The minimum Gasteiger partial charge on any atom is -0.337 e. The number of likely N-dealkylation sites (tertiary alicyclic amines) is 1. The molecule has 0 aliphatic carbocycles. The molecule has 2 heterocycles. The first-order valence-corrected chi connectivity index (χ1v) is 6.92. The summed E-state index contributed by atoms with van der Waals surface area (Å²) < 4.78 is 5.38. The van der Waals surface area contributed by atoms with Crippen molar-refractivity contribution in [2.45, 2.75) is 32.2 Å². The second-order valence-corrected chi connectivity index (χ2v) is 5.05. The zero-order chi connectivity index (χ0) is 13.9. The first-order chi connectivity index (χ1) is 9.75. The van der Waals surface area contributed by atoms with E-state index >= 15 is 0 Å². The summed E-state index contributed by atoms with van der Waals surface area (Å²) in [6.45, 7) is 2.36. The minimum atomic E-state index is -0.0776. The largest absolute Gasteiger partial charge is 0.337 e. The predicted octanol–water partition coefficient (Wildman–Crippen LogP) is 2.81. The number of aromatic nitrogens is 2. The molecule has 0 radical (unpaired) electrons. The molecule has 2 aromatic rings. The van der Waals surface area contributed by atoms with Gasteiger partial charge in [0, 0.05) is 19.0 Å². The van der Waals surface area contributed by atoms with Crippen LogP contribution in [-0.4, -0.2) is 27.5 Å². The molecule has 1 aliphatic heterocycles. The van der Waals surface area contributed by atoms with E-state index in [1.165, 1.54) is 0 Å². The van der Waals surface area contributed by atoms with Crippen molar-refractivity contribution >= 4 is 5.91 Å². The molecule has 5 heteroatoms. The van der Waals surface area contributed by atoms with E-state index in [9.17, 15) is 4.79 Å². The molecule has 1 aromatic heterocycles. The maximum Gasteiger partial charge on any atom is 0.249 e. The highest BCUT2D eigenvalue weighted by Gasteiger charge is 2.30. The summed E-state index contributed by atoms with van der Waals surface area (Å²) in [5, 5.41) is 4.03. The Labute approximate surface area is 117 Å². The molecule has 0 saturated carbocycles. The molecular weight excluding hydrogens is 254 g/mol. The highest BCUT2D eigenvalue weighted by molar-refractivity contribution is 5.73. The van der Waals surface area contributed by atoms with Crippen LogP contribution in [0.25, 0.3) is 11.4 Å². The van der Waals surface area contributed by atoms with Crippen LogP contribution in [0.15, 0.2) is 34.9 Å². The number of piperidine rings is 1. The lowest BCUT2D eigenvalue weighted by molar-refractivity contribution is -0.133. The van der Waals surface area contributed by atoms with Crippen molar-refractivity contribution in [3.63, 3.8) is 0 Å². The second-order valence-electron chi connectivity index (χ2n) is 5.05. The summed E-state index contributed by atoms with van der Waals surface area (Å²) in [5.74, 6) is 1.18. The van der Waals surface area contributed by atoms with Gasteiger partial charge in [-0.3, -0.25) is 4.79 Å². The van der Waals surface area contributed by atoms with Crippen LogP contribution in [0, 0.1) is 0 Å². The third kappa shape index (κ3) is 2.43. The number of rotatable bonds is 2. The van der Waals surface area contributed by atoms with Crippen molar-refractivity contribution in [3.05, 3.63) is 36.2 Å². The molecule has 0 spiro atoms. The Balaban J connectivity index is 1.87. The van der Waals surface area contributed by atoms with Crippen molar-refractivity contribution in [2.24, 2.45) is 0 Å².